The molecule has 0 saturated carbocycles. The van der Waals surface area contributed by atoms with Crippen molar-refractivity contribution in [3.63, 3.8) is 0 Å². The Kier molecular flexibility index (Phi) is 5.69. The summed E-state index contributed by atoms with van der Waals surface area (Å²) in [6.45, 7) is 4.81. The van der Waals surface area contributed by atoms with Crippen molar-refractivity contribution in [3.05, 3.63) is 52.6 Å². The SMILES string of the molecule is CC1=C(C(=O)OC(C)C)C(c2ccc(OC(F)(F)F)cc2)C(C#N)=C(N)O1. The number of carbonyl (C=O) groups excluding carboxylic acids is 1. The number of esters is 1. The maximum absolute atomic E-state index is 12.5. The first-order valence-electron chi connectivity index (χ1n) is 7.88. The lowest BCUT2D eigenvalue weighted by Gasteiger charge is -2.27. The fourth-order valence-electron chi connectivity index (χ4n) is 2.62. The fraction of sp³-hybridized carbons (Fsp3) is 0.333. The summed E-state index contributed by atoms with van der Waals surface area (Å²) in [4.78, 5) is 12.5. The van der Waals surface area contributed by atoms with Gasteiger partial charge in [-0.05, 0) is 38.5 Å². The molecule has 27 heavy (non-hydrogen) atoms. The molecule has 9 heteroatoms. The summed E-state index contributed by atoms with van der Waals surface area (Å²) in [5.74, 6) is -2.10. The van der Waals surface area contributed by atoms with Crippen LogP contribution in [0.15, 0.2) is 47.1 Å². The van der Waals surface area contributed by atoms with Crippen molar-refractivity contribution in [1.29, 1.82) is 5.26 Å². The first-order valence-corrected chi connectivity index (χ1v) is 7.88. The number of hydrogen-bond donors (Lipinski definition) is 1. The zero-order valence-corrected chi connectivity index (χ0v) is 14.8. The predicted molar refractivity (Wildman–Crippen MR) is 87.7 cm³/mol. The van der Waals surface area contributed by atoms with Gasteiger partial charge in [0.25, 0.3) is 0 Å². The lowest BCUT2D eigenvalue weighted by molar-refractivity contribution is -0.274. The number of rotatable bonds is 4. The van der Waals surface area contributed by atoms with Gasteiger partial charge in [-0.3, -0.25) is 0 Å². The Morgan fingerprint density at radius 2 is 1.89 bits per heavy atom. The summed E-state index contributed by atoms with van der Waals surface area (Å²) in [7, 11) is 0. The highest BCUT2D eigenvalue weighted by atomic mass is 19.4. The summed E-state index contributed by atoms with van der Waals surface area (Å²) >= 11 is 0. The number of nitriles is 1. The molecule has 1 atom stereocenters. The number of hydrogen-bond acceptors (Lipinski definition) is 6. The van der Waals surface area contributed by atoms with Crippen molar-refractivity contribution in [2.75, 3.05) is 0 Å². The van der Waals surface area contributed by atoms with E-state index in [9.17, 15) is 23.2 Å². The molecule has 1 aliphatic heterocycles. The van der Waals surface area contributed by atoms with Crippen LogP contribution in [0.25, 0.3) is 0 Å². The van der Waals surface area contributed by atoms with Crippen LogP contribution in [-0.4, -0.2) is 18.4 Å². The van der Waals surface area contributed by atoms with Gasteiger partial charge in [-0.2, -0.15) is 5.26 Å². The third kappa shape index (κ3) is 4.73. The maximum Gasteiger partial charge on any atom is 0.573 e. The second kappa shape index (κ2) is 7.61. The summed E-state index contributed by atoms with van der Waals surface area (Å²) in [6, 6.07) is 6.70. The Hall–Kier alpha value is -3.15. The van der Waals surface area contributed by atoms with Crippen LogP contribution in [0.4, 0.5) is 13.2 Å². The van der Waals surface area contributed by atoms with Gasteiger partial charge in [-0.15, -0.1) is 13.2 Å². The van der Waals surface area contributed by atoms with Gasteiger partial charge in [0.15, 0.2) is 0 Å². The van der Waals surface area contributed by atoms with Crippen molar-refractivity contribution < 1.29 is 32.2 Å². The summed E-state index contributed by atoms with van der Waals surface area (Å²) in [6.07, 6.45) is -5.25. The smallest absolute Gasteiger partial charge is 0.459 e. The molecule has 0 aromatic heterocycles. The van der Waals surface area contributed by atoms with Gasteiger partial charge in [-0.25, -0.2) is 4.79 Å². The molecule has 0 saturated heterocycles. The van der Waals surface area contributed by atoms with E-state index < -0.39 is 30.1 Å². The van der Waals surface area contributed by atoms with Crippen LogP contribution in [0.2, 0.25) is 0 Å². The van der Waals surface area contributed by atoms with Gasteiger partial charge >= 0.3 is 12.3 Å². The van der Waals surface area contributed by atoms with E-state index in [4.69, 9.17) is 15.2 Å². The molecule has 6 nitrogen and oxygen atoms in total. The van der Waals surface area contributed by atoms with Crippen LogP contribution in [0.3, 0.4) is 0 Å². The lowest BCUT2D eigenvalue weighted by Crippen LogP contribution is -2.26. The quantitative estimate of drug-likeness (QED) is 0.800. The van der Waals surface area contributed by atoms with Crippen molar-refractivity contribution in [2.24, 2.45) is 5.73 Å². The van der Waals surface area contributed by atoms with Gasteiger partial charge in [0.05, 0.1) is 17.6 Å². The minimum atomic E-state index is -4.83. The third-order valence-electron chi connectivity index (χ3n) is 3.62. The monoisotopic (exact) mass is 382 g/mol. The minimum Gasteiger partial charge on any atom is -0.459 e. The highest BCUT2D eigenvalue weighted by molar-refractivity contribution is 5.92. The molecular weight excluding hydrogens is 365 g/mol. The molecule has 2 rings (SSSR count). The second-order valence-electron chi connectivity index (χ2n) is 5.97. The van der Waals surface area contributed by atoms with Crippen LogP contribution in [0.5, 0.6) is 5.75 Å². The van der Waals surface area contributed by atoms with Crippen LogP contribution in [-0.2, 0) is 14.3 Å². The Morgan fingerprint density at radius 1 is 1.30 bits per heavy atom. The van der Waals surface area contributed by atoms with Crippen molar-refractivity contribution in [1.82, 2.24) is 0 Å². The topological polar surface area (TPSA) is 94.6 Å². The van der Waals surface area contributed by atoms with E-state index in [1.54, 1.807) is 13.8 Å². The molecule has 0 spiro atoms. The summed E-state index contributed by atoms with van der Waals surface area (Å²) < 4.78 is 51.3. The van der Waals surface area contributed by atoms with Gasteiger partial charge in [-0.1, -0.05) is 12.1 Å². The zero-order valence-electron chi connectivity index (χ0n) is 14.8. The van der Waals surface area contributed by atoms with E-state index in [1.807, 2.05) is 6.07 Å². The molecule has 1 unspecified atom stereocenters. The molecule has 1 aliphatic rings. The number of allylic oxidation sites excluding steroid dienone is 2. The number of alkyl halides is 3. The van der Waals surface area contributed by atoms with Crippen LogP contribution < -0.4 is 10.5 Å². The first kappa shape index (κ1) is 20.2. The van der Waals surface area contributed by atoms with Crippen LogP contribution >= 0.6 is 0 Å². The Morgan fingerprint density at radius 3 is 2.37 bits per heavy atom. The van der Waals surface area contributed by atoms with Crippen LogP contribution in [0, 0.1) is 11.3 Å². The number of halogens is 3. The van der Waals surface area contributed by atoms with Crippen molar-refractivity contribution >= 4 is 5.97 Å². The van der Waals surface area contributed by atoms with Gasteiger partial charge < -0.3 is 19.9 Å². The van der Waals surface area contributed by atoms with Crippen LogP contribution in [0.1, 0.15) is 32.3 Å². The van der Waals surface area contributed by atoms with Crippen molar-refractivity contribution in [2.45, 2.75) is 39.2 Å². The Balaban J connectivity index is 2.48. The van der Waals surface area contributed by atoms with Gasteiger partial charge in [0.2, 0.25) is 5.88 Å². The third-order valence-corrected chi connectivity index (χ3v) is 3.62. The molecule has 0 fully saturated rings. The Labute approximate surface area is 153 Å². The number of carbonyl (C=O) groups is 1. The molecule has 0 radical (unpaired) electrons. The standard InChI is InChI=1S/C18H17F3N2O4/c1-9(2)25-17(24)14-10(3)26-16(23)13(8-22)15(14)11-4-6-12(7-5-11)27-18(19,20)21/h4-7,9,15H,23H2,1-3H3. The van der Waals surface area contributed by atoms with E-state index >= 15 is 0 Å². The molecule has 0 amide bonds. The van der Waals surface area contributed by atoms with Crippen molar-refractivity contribution in [3.8, 4) is 11.8 Å². The number of benzene rings is 1. The highest BCUT2D eigenvalue weighted by Crippen LogP contribution is 2.40. The largest absolute Gasteiger partial charge is 0.573 e. The summed E-state index contributed by atoms with van der Waals surface area (Å²) in [5.41, 5.74) is 6.14. The molecule has 1 heterocycles. The Bertz CT molecular complexity index is 834. The summed E-state index contributed by atoms with van der Waals surface area (Å²) in [5, 5.41) is 9.45. The lowest BCUT2D eigenvalue weighted by atomic mass is 9.83. The molecule has 144 valence electrons. The number of nitrogens with zero attached hydrogens (tertiary/aromatic N) is 1. The molecule has 2 N–H and O–H groups in total. The second-order valence-corrected chi connectivity index (χ2v) is 5.97. The van der Waals surface area contributed by atoms with E-state index in [1.165, 1.54) is 19.1 Å². The average molecular weight is 382 g/mol. The fourth-order valence-corrected chi connectivity index (χ4v) is 2.62. The molecule has 0 bridgehead atoms. The normalized spacial score (nSPS) is 17.5. The van der Waals surface area contributed by atoms with Gasteiger partial charge in [0.1, 0.15) is 23.2 Å². The predicted octanol–water partition coefficient (Wildman–Crippen LogP) is 3.62. The van der Waals surface area contributed by atoms with E-state index in [-0.39, 0.29) is 22.8 Å². The number of ether oxygens (including phenoxy) is 3. The molecular formula is C18H17F3N2O4. The van der Waals surface area contributed by atoms with Gasteiger partial charge in [0, 0.05) is 0 Å². The average Bonchev–Trinajstić information content (AvgIpc) is 2.52. The maximum atomic E-state index is 12.5. The molecule has 1 aromatic rings. The molecule has 1 aromatic carbocycles. The van der Waals surface area contributed by atoms with E-state index in [0.29, 0.717) is 5.56 Å². The highest BCUT2D eigenvalue weighted by Gasteiger charge is 2.37. The first-order chi connectivity index (χ1) is 12.5. The van der Waals surface area contributed by atoms with E-state index in [0.717, 1.165) is 12.1 Å². The minimum absolute atomic E-state index is 0.0409. The number of nitrogens with two attached hydrogens (primary N) is 1. The zero-order chi connectivity index (χ0) is 20.4. The van der Waals surface area contributed by atoms with E-state index in [2.05, 4.69) is 4.74 Å². The molecule has 0 aliphatic carbocycles.